The van der Waals surface area contributed by atoms with Crippen LogP contribution in [-0.4, -0.2) is 0 Å². The molecule has 0 heterocycles. The summed E-state index contributed by atoms with van der Waals surface area (Å²) in [6.45, 7) is 0. The van der Waals surface area contributed by atoms with E-state index in [1.807, 2.05) is 6.07 Å². The van der Waals surface area contributed by atoms with Gasteiger partial charge in [-0.15, -0.1) is 0 Å². The molecule has 2 aromatic rings. The van der Waals surface area contributed by atoms with Gasteiger partial charge >= 0.3 is 0 Å². The predicted octanol–water partition coefficient (Wildman–Crippen LogP) is 3.90. The Morgan fingerprint density at radius 1 is 0.895 bits per heavy atom. The average Bonchev–Trinajstić information content (AvgIpc) is 3.08. The van der Waals surface area contributed by atoms with Gasteiger partial charge in [0.15, 0.2) is 5.43 Å². The molecule has 0 aromatic heterocycles. The Kier molecular flexibility index (Phi) is 1.47. The largest absolute Gasteiger partial charge is 0.289 e. The highest BCUT2D eigenvalue weighted by molar-refractivity contribution is 6.19. The molecule has 0 N–H and O–H groups in total. The quantitative estimate of drug-likeness (QED) is 0.427. The third-order valence-electron chi connectivity index (χ3n) is 4.30. The molecule has 2 aromatic carbocycles. The molecule has 3 aliphatic carbocycles. The summed E-state index contributed by atoms with van der Waals surface area (Å²) in [6.07, 6.45) is 5.47. The van der Waals surface area contributed by atoms with Crippen LogP contribution >= 0.6 is 0 Å². The van der Waals surface area contributed by atoms with Crippen LogP contribution in [0.15, 0.2) is 47.3 Å². The highest BCUT2D eigenvalue weighted by atomic mass is 16.1. The van der Waals surface area contributed by atoms with E-state index in [4.69, 9.17) is 0 Å². The van der Waals surface area contributed by atoms with Crippen LogP contribution < -0.4 is 5.43 Å². The lowest BCUT2D eigenvalue weighted by atomic mass is 9.95. The molecule has 19 heavy (non-hydrogen) atoms. The van der Waals surface area contributed by atoms with Crippen molar-refractivity contribution in [3.8, 4) is 11.1 Å². The SMILES string of the molecule is O=c1cc2ccc3c4c(ccc3c2c2cc1-2)CC=C4. The number of rotatable bonds is 0. The fraction of sp³-hybridized carbons (Fsp3) is 0.0556. The number of hydrogen-bond donors (Lipinski definition) is 0. The second-order valence-electron chi connectivity index (χ2n) is 5.35. The lowest BCUT2D eigenvalue weighted by molar-refractivity contribution is 1.32. The summed E-state index contributed by atoms with van der Waals surface area (Å²) < 4.78 is 0. The molecule has 5 rings (SSSR count). The molecule has 0 atom stereocenters. The van der Waals surface area contributed by atoms with E-state index in [0.717, 1.165) is 22.9 Å². The van der Waals surface area contributed by atoms with Crippen molar-refractivity contribution in [2.45, 2.75) is 6.42 Å². The van der Waals surface area contributed by atoms with Gasteiger partial charge in [0.2, 0.25) is 0 Å². The Labute approximate surface area is 109 Å². The fourth-order valence-corrected chi connectivity index (χ4v) is 3.33. The van der Waals surface area contributed by atoms with Crippen LogP contribution in [0.3, 0.4) is 0 Å². The van der Waals surface area contributed by atoms with Crippen molar-refractivity contribution in [3.63, 3.8) is 0 Å². The van der Waals surface area contributed by atoms with Gasteiger partial charge in [-0.25, -0.2) is 0 Å². The van der Waals surface area contributed by atoms with Crippen LogP contribution in [0.1, 0.15) is 11.1 Å². The van der Waals surface area contributed by atoms with E-state index in [2.05, 4.69) is 36.4 Å². The molecule has 0 bridgehead atoms. The maximum atomic E-state index is 11.8. The number of allylic oxidation sites excluding steroid dienone is 1. The van der Waals surface area contributed by atoms with Crippen molar-refractivity contribution in [3.05, 3.63) is 63.8 Å². The molecule has 3 aliphatic rings. The van der Waals surface area contributed by atoms with Crippen LogP contribution in [0.25, 0.3) is 38.7 Å². The first kappa shape index (κ1) is 9.51. The summed E-state index contributed by atoms with van der Waals surface area (Å²) >= 11 is 0. The zero-order chi connectivity index (χ0) is 12.6. The van der Waals surface area contributed by atoms with Crippen molar-refractivity contribution in [2.24, 2.45) is 0 Å². The molecule has 88 valence electrons. The van der Waals surface area contributed by atoms with Crippen LogP contribution in [0.2, 0.25) is 0 Å². The molecule has 1 nitrogen and oxygen atoms in total. The summed E-state index contributed by atoms with van der Waals surface area (Å²) in [4.78, 5) is 11.8. The summed E-state index contributed by atoms with van der Waals surface area (Å²) in [5, 5.41) is 4.88. The molecule has 1 heteroatoms. The van der Waals surface area contributed by atoms with Gasteiger partial charge in [-0.1, -0.05) is 36.4 Å². The first-order chi connectivity index (χ1) is 9.33. The Hall–Kier alpha value is -2.41. The van der Waals surface area contributed by atoms with Crippen molar-refractivity contribution >= 4 is 27.6 Å². The van der Waals surface area contributed by atoms with Crippen LogP contribution in [0, 0.1) is 0 Å². The van der Waals surface area contributed by atoms with Gasteiger partial charge in [-0.2, -0.15) is 0 Å². The van der Waals surface area contributed by atoms with Crippen LogP contribution in [0.4, 0.5) is 0 Å². The third-order valence-corrected chi connectivity index (χ3v) is 4.30. The van der Waals surface area contributed by atoms with Gasteiger partial charge in [-0.3, -0.25) is 4.79 Å². The maximum Gasteiger partial charge on any atom is 0.187 e. The standard InChI is InChI=1S/C18H10O/c19-17-8-11-5-6-13-12-3-1-2-10(12)4-7-14(13)18(11)16-9-15(16)17/h1,3-9H,2H2. The van der Waals surface area contributed by atoms with Gasteiger partial charge in [0.25, 0.3) is 0 Å². The van der Waals surface area contributed by atoms with Crippen LogP contribution in [0.5, 0.6) is 0 Å². The maximum absolute atomic E-state index is 11.8. The third kappa shape index (κ3) is 1.08. The van der Waals surface area contributed by atoms with Crippen molar-refractivity contribution in [1.29, 1.82) is 0 Å². The number of benzene rings is 3. The van der Waals surface area contributed by atoms with E-state index in [9.17, 15) is 4.79 Å². The molecule has 0 aliphatic heterocycles. The lowest BCUT2D eigenvalue weighted by Crippen LogP contribution is -1.96. The second-order valence-corrected chi connectivity index (χ2v) is 5.35. The van der Waals surface area contributed by atoms with Gasteiger partial charge in [-0.05, 0) is 56.8 Å². The molecule has 0 radical (unpaired) electrons. The minimum atomic E-state index is 0.155. The Bertz CT molecular complexity index is 994. The Balaban J connectivity index is 2.06. The fourth-order valence-electron chi connectivity index (χ4n) is 3.33. The van der Waals surface area contributed by atoms with Crippen molar-refractivity contribution in [2.75, 3.05) is 0 Å². The molecule has 0 saturated carbocycles. The molecule has 0 saturated heterocycles. The van der Waals surface area contributed by atoms with E-state index in [-0.39, 0.29) is 5.43 Å². The van der Waals surface area contributed by atoms with Crippen molar-refractivity contribution in [1.82, 2.24) is 0 Å². The van der Waals surface area contributed by atoms with Gasteiger partial charge in [0.05, 0.1) is 0 Å². The lowest BCUT2D eigenvalue weighted by Gasteiger charge is -2.08. The number of hydrogen-bond acceptors (Lipinski definition) is 1. The first-order valence-electron chi connectivity index (χ1n) is 6.56. The summed E-state index contributed by atoms with van der Waals surface area (Å²) in [5.41, 5.74) is 4.95. The average molecular weight is 242 g/mol. The molecular weight excluding hydrogens is 232 g/mol. The van der Waals surface area contributed by atoms with Gasteiger partial charge < -0.3 is 0 Å². The monoisotopic (exact) mass is 242 g/mol. The summed E-state index contributed by atoms with van der Waals surface area (Å²) in [7, 11) is 0. The highest BCUT2D eigenvalue weighted by Gasteiger charge is 2.21. The zero-order valence-corrected chi connectivity index (χ0v) is 10.2. The van der Waals surface area contributed by atoms with E-state index in [0.29, 0.717) is 0 Å². The number of fused-ring (bicyclic) bond motifs is 7. The Morgan fingerprint density at radius 3 is 2.74 bits per heavy atom. The first-order valence-corrected chi connectivity index (χ1v) is 6.56. The molecular formula is C18H10O. The van der Waals surface area contributed by atoms with Gasteiger partial charge in [0, 0.05) is 5.56 Å². The predicted molar refractivity (Wildman–Crippen MR) is 79.5 cm³/mol. The van der Waals surface area contributed by atoms with Crippen LogP contribution in [-0.2, 0) is 6.42 Å². The van der Waals surface area contributed by atoms with Gasteiger partial charge in [0.1, 0.15) is 0 Å². The topological polar surface area (TPSA) is 17.1 Å². The highest BCUT2D eigenvalue weighted by Crippen LogP contribution is 2.42. The summed E-state index contributed by atoms with van der Waals surface area (Å²) in [5.74, 6) is 0. The molecule has 0 fully saturated rings. The molecule has 0 spiro atoms. The van der Waals surface area contributed by atoms with E-state index >= 15 is 0 Å². The smallest absolute Gasteiger partial charge is 0.187 e. The molecule has 0 unspecified atom stereocenters. The zero-order valence-electron chi connectivity index (χ0n) is 10.2. The van der Waals surface area contributed by atoms with E-state index in [1.165, 1.54) is 27.3 Å². The van der Waals surface area contributed by atoms with E-state index < -0.39 is 0 Å². The Morgan fingerprint density at radius 2 is 1.79 bits per heavy atom. The minimum absolute atomic E-state index is 0.155. The minimum Gasteiger partial charge on any atom is -0.289 e. The summed E-state index contributed by atoms with van der Waals surface area (Å²) in [6, 6.07) is 12.4. The normalized spacial score (nSPS) is 14.1. The van der Waals surface area contributed by atoms with E-state index in [1.54, 1.807) is 6.07 Å². The van der Waals surface area contributed by atoms with Crippen molar-refractivity contribution < 1.29 is 0 Å². The second kappa shape index (κ2) is 2.94. The molecule has 0 amide bonds.